The number of anilines is 1. The number of hydrogen-bond donors (Lipinski definition) is 0. The van der Waals surface area contributed by atoms with Crippen molar-refractivity contribution in [3.8, 4) is 11.8 Å². The van der Waals surface area contributed by atoms with E-state index in [2.05, 4.69) is 39.9 Å². The summed E-state index contributed by atoms with van der Waals surface area (Å²) in [5, 5.41) is 10.5. The summed E-state index contributed by atoms with van der Waals surface area (Å²) in [6, 6.07) is 10.4. The third-order valence-electron chi connectivity index (χ3n) is 5.77. The molecule has 0 unspecified atom stereocenters. The highest BCUT2D eigenvalue weighted by atomic mass is 32.2. The fourth-order valence-corrected chi connectivity index (χ4v) is 4.79. The number of rotatable bonds is 9. The van der Waals surface area contributed by atoms with E-state index >= 15 is 0 Å². The molecule has 0 atom stereocenters. The molecule has 1 aliphatic rings. The molecule has 1 fully saturated rings. The second kappa shape index (κ2) is 12.4. The normalized spacial score (nSPS) is 14.2. The zero-order chi connectivity index (χ0) is 24.5. The van der Waals surface area contributed by atoms with Crippen molar-refractivity contribution in [3.63, 3.8) is 0 Å². The Labute approximate surface area is 206 Å². The van der Waals surface area contributed by atoms with Crippen LogP contribution in [0.2, 0.25) is 0 Å². The average molecular weight is 478 g/mol. The molecule has 0 bridgehead atoms. The van der Waals surface area contributed by atoms with E-state index < -0.39 is 0 Å². The molecule has 1 aliphatic heterocycles. The Balaban J connectivity index is 1.90. The van der Waals surface area contributed by atoms with Crippen molar-refractivity contribution in [1.82, 2.24) is 9.88 Å². The Hall–Kier alpha value is -3.07. The van der Waals surface area contributed by atoms with Gasteiger partial charge in [-0.05, 0) is 51.4 Å². The number of nitrogens with zero attached hydrogens (tertiary/aromatic N) is 5. The quantitative estimate of drug-likeness (QED) is 0.377. The van der Waals surface area contributed by atoms with Crippen molar-refractivity contribution in [3.05, 3.63) is 52.4 Å². The van der Waals surface area contributed by atoms with Crippen LogP contribution in [0.5, 0.6) is 5.75 Å². The first-order valence-corrected chi connectivity index (χ1v) is 12.6. The number of aryl methyl sites for hydroxylation is 1. The molecule has 34 heavy (non-hydrogen) atoms. The summed E-state index contributed by atoms with van der Waals surface area (Å²) in [5.74, 6) is 1.77. The minimum Gasteiger partial charge on any atom is -0.503 e. The molecule has 1 aromatic carbocycles. The Kier molecular flexibility index (Phi) is 9.33. The topological polar surface area (TPSA) is 73.8 Å². The first kappa shape index (κ1) is 25.6. The molecular weight excluding hydrogens is 446 g/mol. The molecule has 2 heterocycles. The number of carbonyl (C=O) groups excluding carboxylic acids is 1. The van der Waals surface area contributed by atoms with Crippen molar-refractivity contribution in [2.75, 3.05) is 44.7 Å². The standard InChI is InChI=1S/C26H31N5O2S/c1-5-33-24-22(17-27)26(34-18-21-11-9-20(10-12-21)8-7-19(2)32)29-25(23(24)28-3)31-14-6-13-30(4)15-16-31/h9-12H,5-8,13-16,18H2,1-2,4H3. The lowest BCUT2D eigenvalue weighted by molar-refractivity contribution is -0.116. The van der Waals surface area contributed by atoms with Gasteiger partial charge >= 0.3 is 0 Å². The summed E-state index contributed by atoms with van der Waals surface area (Å²) in [4.78, 5) is 24.2. The Morgan fingerprint density at radius 1 is 1.24 bits per heavy atom. The zero-order valence-electron chi connectivity index (χ0n) is 20.1. The van der Waals surface area contributed by atoms with Crippen molar-refractivity contribution >= 4 is 29.1 Å². The number of Topliss-reactive ketones (excluding diaryl/α,β-unsaturated/α-hetero) is 1. The van der Waals surface area contributed by atoms with Crippen LogP contribution in [0, 0.1) is 17.9 Å². The van der Waals surface area contributed by atoms with Crippen LogP contribution < -0.4 is 9.64 Å². The molecule has 7 nitrogen and oxygen atoms in total. The minimum atomic E-state index is 0.189. The van der Waals surface area contributed by atoms with Gasteiger partial charge in [0.1, 0.15) is 28.3 Å². The lowest BCUT2D eigenvalue weighted by Gasteiger charge is -2.25. The van der Waals surface area contributed by atoms with Crippen LogP contribution in [0.15, 0.2) is 29.3 Å². The smallest absolute Gasteiger partial charge is 0.270 e. The van der Waals surface area contributed by atoms with Crippen molar-refractivity contribution in [2.45, 2.75) is 43.9 Å². The Morgan fingerprint density at radius 2 is 1.97 bits per heavy atom. The maximum atomic E-state index is 11.2. The van der Waals surface area contributed by atoms with Crippen molar-refractivity contribution < 1.29 is 9.53 Å². The van der Waals surface area contributed by atoms with Gasteiger partial charge in [0.05, 0.1) is 13.2 Å². The SMILES string of the molecule is [C-]#[N+]c1c(N2CCCN(C)CC2)nc(SCc2ccc(CCC(C)=O)cc2)c(C#N)c1OCC. The van der Waals surface area contributed by atoms with Crippen molar-refractivity contribution in [1.29, 1.82) is 5.26 Å². The molecule has 178 valence electrons. The number of pyridine rings is 1. The number of nitriles is 1. The molecule has 1 saturated heterocycles. The van der Waals surface area contributed by atoms with Gasteiger partial charge in [0.25, 0.3) is 5.69 Å². The van der Waals surface area contributed by atoms with E-state index in [1.807, 2.05) is 19.1 Å². The summed E-state index contributed by atoms with van der Waals surface area (Å²) < 4.78 is 5.83. The van der Waals surface area contributed by atoms with Gasteiger partial charge in [0, 0.05) is 31.8 Å². The highest BCUT2D eigenvalue weighted by Gasteiger charge is 2.26. The van der Waals surface area contributed by atoms with E-state index in [0.717, 1.165) is 50.1 Å². The van der Waals surface area contributed by atoms with Crippen LogP contribution in [-0.2, 0) is 17.0 Å². The fraction of sp³-hybridized carbons (Fsp3) is 0.462. The van der Waals surface area contributed by atoms with Gasteiger partial charge in [0.2, 0.25) is 0 Å². The number of ether oxygens (including phenoxy) is 1. The molecule has 0 N–H and O–H groups in total. The summed E-state index contributed by atoms with van der Waals surface area (Å²) in [5.41, 5.74) is 2.88. The molecule has 0 radical (unpaired) electrons. The molecule has 3 rings (SSSR count). The van der Waals surface area contributed by atoms with E-state index in [4.69, 9.17) is 16.3 Å². The van der Waals surface area contributed by atoms with Gasteiger partial charge in [-0.2, -0.15) is 5.26 Å². The number of ketones is 1. The third kappa shape index (κ3) is 6.50. The minimum absolute atomic E-state index is 0.189. The lowest BCUT2D eigenvalue weighted by Crippen LogP contribution is -2.29. The van der Waals surface area contributed by atoms with Crippen LogP contribution in [0.3, 0.4) is 0 Å². The van der Waals surface area contributed by atoms with Crippen LogP contribution in [0.25, 0.3) is 4.85 Å². The Morgan fingerprint density at radius 3 is 2.62 bits per heavy atom. The summed E-state index contributed by atoms with van der Waals surface area (Å²) in [6.45, 7) is 15.1. The number of aromatic nitrogens is 1. The first-order chi connectivity index (χ1) is 16.5. The van der Waals surface area contributed by atoms with Gasteiger partial charge in [-0.3, -0.25) is 0 Å². The van der Waals surface area contributed by atoms with Gasteiger partial charge in [-0.15, -0.1) is 11.8 Å². The van der Waals surface area contributed by atoms with Gasteiger partial charge < -0.3 is 19.3 Å². The second-order valence-electron chi connectivity index (χ2n) is 8.40. The zero-order valence-corrected chi connectivity index (χ0v) is 21.0. The van der Waals surface area contributed by atoms with Crippen molar-refractivity contribution in [2.24, 2.45) is 0 Å². The highest BCUT2D eigenvalue weighted by Crippen LogP contribution is 2.44. The average Bonchev–Trinajstić information content (AvgIpc) is 3.06. The summed E-state index contributed by atoms with van der Waals surface area (Å²) >= 11 is 1.48. The van der Waals surface area contributed by atoms with Gasteiger partial charge in [-0.1, -0.05) is 24.3 Å². The van der Waals surface area contributed by atoms with E-state index in [-0.39, 0.29) is 5.78 Å². The maximum absolute atomic E-state index is 11.2. The Bertz CT molecular complexity index is 1090. The number of benzene rings is 1. The molecule has 0 saturated carbocycles. The third-order valence-corrected chi connectivity index (χ3v) is 6.82. The molecule has 0 amide bonds. The second-order valence-corrected chi connectivity index (χ2v) is 9.37. The van der Waals surface area contributed by atoms with Gasteiger partial charge in [0.15, 0.2) is 5.75 Å². The molecule has 1 aromatic heterocycles. The number of carbonyl (C=O) groups is 1. The van der Waals surface area contributed by atoms with Crippen LogP contribution in [0.1, 0.15) is 43.4 Å². The van der Waals surface area contributed by atoms with E-state index in [1.54, 1.807) is 6.92 Å². The molecule has 8 heteroatoms. The lowest BCUT2D eigenvalue weighted by atomic mass is 10.1. The fourth-order valence-electron chi connectivity index (χ4n) is 3.86. The van der Waals surface area contributed by atoms with E-state index in [9.17, 15) is 10.1 Å². The summed E-state index contributed by atoms with van der Waals surface area (Å²) in [6.07, 6.45) is 2.28. The van der Waals surface area contributed by atoms with Crippen LogP contribution in [-0.4, -0.2) is 55.5 Å². The molecule has 2 aromatic rings. The number of thioether (sulfide) groups is 1. The monoisotopic (exact) mass is 477 g/mol. The molecule has 0 spiro atoms. The first-order valence-electron chi connectivity index (χ1n) is 11.6. The highest BCUT2D eigenvalue weighted by molar-refractivity contribution is 7.98. The van der Waals surface area contributed by atoms with E-state index in [0.29, 0.717) is 46.6 Å². The predicted octanol–water partition coefficient (Wildman–Crippen LogP) is 4.86. The summed E-state index contributed by atoms with van der Waals surface area (Å²) in [7, 11) is 2.10. The predicted molar refractivity (Wildman–Crippen MR) is 136 cm³/mol. The molecular formula is C26H31N5O2S. The van der Waals surface area contributed by atoms with Gasteiger partial charge in [-0.25, -0.2) is 9.83 Å². The molecule has 0 aliphatic carbocycles. The maximum Gasteiger partial charge on any atom is 0.270 e. The number of likely N-dealkylation sites (N-methyl/N-ethyl adjacent to an activating group) is 1. The van der Waals surface area contributed by atoms with Crippen LogP contribution in [0.4, 0.5) is 11.5 Å². The largest absolute Gasteiger partial charge is 0.503 e. The van der Waals surface area contributed by atoms with Crippen LogP contribution >= 0.6 is 11.8 Å². The van der Waals surface area contributed by atoms with E-state index in [1.165, 1.54) is 11.8 Å². The number of hydrogen-bond acceptors (Lipinski definition) is 7.